The van der Waals surface area contributed by atoms with E-state index in [9.17, 15) is 8.78 Å². The number of likely N-dealkylation sites (tertiary alicyclic amines) is 1. The highest BCUT2D eigenvalue weighted by molar-refractivity contribution is 5.24. The standard InChI is InChI=1S/C13H18F2N2/c14-13(15)11-4-1-3-10(7-11)9-17-6-2-5-12(17)8-16/h1,3-4,7,12-13H,2,5-6,8-9,16H2. The molecule has 1 aromatic rings. The Morgan fingerprint density at radius 2 is 2.24 bits per heavy atom. The van der Waals surface area contributed by atoms with Gasteiger partial charge in [0.1, 0.15) is 0 Å². The highest BCUT2D eigenvalue weighted by Gasteiger charge is 2.23. The van der Waals surface area contributed by atoms with E-state index in [1.807, 2.05) is 6.07 Å². The molecule has 94 valence electrons. The molecule has 2 nitrogen and oxygen atoms in total. The van der Waals surface area contributed by atoms with Gasteiger partial charge >= 0.3 is 0 Å². The molecule has 0 bridgehead atoms. The number of nitrogens with zero attached hydrogens (tertiary/aromatic N) is 1. The van der Waals surface area contributed by atoms with Crippen LogP contribution in [0.2, 0.25) is 0 Å². The van der Waals surface area contributed by atoms with E-state index < -0.39 is 6.43 Å². The summed E-state index contributed by atoms with van der Waals surface area (Å²) in [6.07, 6.45) is -0.125. The van der Waals surface area contributed by atoms with E-state index in [1.54, 1.807) is 12.1 Å². The van der Waals surface area contributed by atoms with Crippen LogP contribution >= 0.6 is 0 Å². The molecule has 1 fully saturated rings. The van der Waals surface area contributed by atoms with Gasteiger partial charge < -0.3 is 5.73 Å². The molecule has 1 atom stereocenters. The lowest BCUT2D eigenvalue weighted by Crippen LogP contribution is -2.34. The number of nitrogens with two attached hydrogens (primary N) is 1. The summed E-state index contributed by atoms with van der Waals surface area (Å²) < 4.78 is 25.1. The van der Waals surface area contributed by atoms with Crippen molar-refractivity contribution in [3.8, 4) is 0 Å². The second-order valence-electron chi connectivity index (χ2n) is 4.55. The van der Waals surface area contributed by atoms with E-state index in [4.69, 9.17) is 5.73 Å². The molecule has 1 unspecified atom stereocenters. The van der Waals surface area contributed by atoms with Gasteiger partial charge in [0, 0.05) is 24.7 Å². The van der Waals surface area contributed by atoms with E-state index >= 15 is 0 Å². The maximum absolute atomic E-state index is 12.6. The van der Waals surface area contributed by atoms with Gasteiger partial charge in [-0.05, 0) is 31.0 Å². The number of hydrogen-bond donors (Lipinski definition) is 1. The van der Waals surface area contributed by atoms with Gasteiger partial charge in [-0.15, -0.1) is 0 Å². The number of benzene rings is 1. The Balaban J connectivity index is 2.05. The van der Waals surface area contributed by atoms with Gasteiger partial charge in [-0.25, -0.2) is 8.78 Å². The van der Waals surface area contributed by atoms with Crippen LogP contribution in [-0.2, 0) is 6.54 Å². The van der Waals surface area contributed by atoms with Crippen LogP contribution in [0.25, 0.3) is 0 Å². The van der Waals surface area contributed by atoms with Crippen molar-refractivity contribution in [2.24, 2.45) is 5.73 Å². The molecule has 1 aromatic carbocycles. The third-order valence-electron chi connectivity index (χ3n) is 3.36. The zero-order chi connectivity index (χ0) is 12.3. The van der Waals surface area contributed by atoms with Gasteiger partial charge in [0.05, 0.1) is 0 Å². The number of halogens is 2. The van der Waals surface area contributed by atoms with Crippen LogP contribution in [0.1, 0.15) is 30.4 Å². The van der Waals surface area contributed by atoms with E-state index in [1.165, 1.54) is 6.07 Å². The summed E-state index contributed by atoms with van der Waals surface area (Å²) in [5.74, 6) is 0. The van der Waals surface area contributed by atoms with Gasteiger partial charge in [0.2, 0.25) is 0 Å². The van der Waals surface area contributed by atoms with Crippen molar-refractivity contribution in [3.63, 3.8) is 0 Å². The molecule has 0 saturated carbocycles. The first-order valence-electron chi connectivity index (χ1n) is 6.02. The maximum Gasteiger partial charge on any atom is 0.263 e. The fraction of sp³-hybridized carbons (Fsp3) is 0.538. The molecule has 0 aliphatic carbocycles. The summed E-state index contributed by atoms with van der Waals surface area (Å²) in [6.45, 7) is 2.39. The minimum absolute atomic E-state index is 0.103. The molecule has 17 heavy (non-hydrogen) atoms. The average Bonchev–Trinajstić information content (AvgIpc) is 2.76. The molecule has 2 rings (SSSR count). The van der Waals surface area contributed by atoms with Gasteiger partial charge in [-0.3, -0.25) is 4.90 Å². The Hall–Kier alpha value is -1.00. The van der Waals surface area contributed by atoms with E-state index in [2.05, 4.69) is 4.90 Å². The van der Waals surface area contributed by atoms with Crippen molar-refractivity contribution in [2.75, 3.05) is 13.1 Å². The summed E-state index contributed by atoms with van der Waals surface area (Å²) in [6, 6.07) is 7.07. The number of rotatable bonds is 4. The molecule has 0 amide bonds. The summed E-state index contributed by atoms with van der Waals surface area (Å²) in [5, 5.41) is 0. The van der Waals surface area contributed by atoms with Gasteiger partial charge in [0.15, 0.2) is 0 Å². The molecule has 1 aliphatic heterocycles. The van der Waals surface area contributed by atoms with Crippen molar-refractivity contribution in [1.29, 1.82) is 0 Å². The van der Waals surface area contributed by atoms with Crippen LogP contribution in [0.3, 0.4) is 0 Å². The van der Waals surface area contributed by atoms with Crippen LogP contribution in [0, 0.1) is 0 Å². The number of hydrogen-bond acceptors (Lipinski definition) is 2. The van der Waals surface area contributed by atoms with E-state index in [0.717, 1.165) is 31.5 Å². The van der Waals surface area contributed by atoms with Crippen molar-refractivity contribution in [2.45, 2.75) is 31.9 Å². The average molecular weight is 240 g/mol. The van der Waals surface area contributed by atoms with Crippen molar-refractivity contribution >= 4 is 0 Å². The lowest BCUT2D eigenvalue weighted by molar-refractivity contribution is 0.151. The fourth-order valence-electron chi connectivity index (χ4n) is 2.43. The van der Waals surface area contributed by atoms with Crippen LogP contribution < -0.4 is 5.73 Å². The highest BCUT2D eigenvalue weighted by Crippen LogP contribution is 2.23. The van der Waals surface area contributed by atoms with Crippen LogP contribution in [0.15, 0.2) is 24.3 Å². The van der Waals surface area contributed by atoms with Crippen molar-refractivity contribution in [1.82, 2.24) is 4.90 Å². The summed E-state index contributed by atoms with van der Waals surface area (Å²) in [5.41, 5.74) is 6.74. The molecule has 4 heteroatoms. The Bertz CT molecular complexity index is 368. The van der Waals surface area contributed by atoms with Crippen LogP contribution in [-0.4, -0.2) is 24.0 Å². The Labute approximate surface area is 100 Å². The fourth-order valence-corrected chi connectivity index (χ4v) is 2.43. The molecule has 0 aromatic heterocycles. The molecule has 1 aliphatic rings. The van der Waals surface area contributed by atoms with Crippen molar-refractivity contribution < 1.29 is 8.78 Å². The third kappa shape index (κ3) is 3.01. The normalized spacial score (nSPS) is 21.3. The smallest absolute Gasteiger partial charge is 0.263 e. The van der Waals surface area contributed by atoms with Gasteiger partial charge in [0.25, 0.3) is 6.43 Å². The van der Waals surface area contributed by atoms with E-state index in [-0.39, 0.29) is 5.56 Å². The second-order valence-corrected chi connectivity index (χ2v) is 4.55. The zero-order valence-electron chi connectivity index (χ0n) is 9.78. The molecular formula is C13H18F2N2. The number of alkyl halides is 2. The van der Waals surface area contributed by atoms with Crippen molar-refractivity contribution in [3.05, 3.63) is 35.4 Å². The minimum Gasteiger partial charge on any atom is -0.329 e. The first kappa shape index (κ1) is 12.5. The van der Waals surface area contributed by atoms with Crippen LogP contribution in [0.4, 0.5) is 8.78 Å². The summed E-state index contributed by atoms with van der Waals surface area (Å²) in [4.78, 5) is 2.28. The predicted molar refractivity (Wildman–Crippen MR) is 63.9 cm³/mol. The molecule has 2 N–H and O–H groups in total. The predicted octanol–water partition coefficient (Wildman–Crippen LogP) is 2.55. The largest absolute Gasteiger partial charge is 0.329 e. The second kappa shape index (κ2) is 5.56. The lowest BCUT2D eigenvalue weighted by Gasteiger charge is -2.23. The Morgan fingerprint density at radius 1 is 1.41 bits per heavy atom. The molecule has 0 spiro atoms. The van der Waals surface area contributed by atoms with Gasteiger partial charge in [-0.2, -0.15) is 0 Å². The quantitative estimate of drug-likeness (QED) is 0.876. The SMILES string of the molecule is NCC1CCCN1Cc1cccc(C(F)F)c1. The lowest BCUT2D eigenvalue weighted by atomic mass is 10.1. The summed E-state index contributed by atoms with van der Waals surface area (Å²) >= 11 is 0. The Kier molecular flexibility index (Phi) is 4.07. The zero-order valence-corrected chi connectivity index (χ0v) is 9.78. The molecule has 1 saturated heterocycles. The highest BCUT2D eigenvalue weighted by atomic mass is 19.3. The molecule has 0 radical (unpaired) electrons. The third-order valence-corrected chi connectivity index (χ3v) is 3.36. The monoisotopic (exact) mass is 240 g/mol. The summed E-state index contributed by atoms with van der Waals surface area (Å²) in [7, 11) is 0. The van der Waals surface area contributed by atoms with Gasteiger partial charge in [-0.1, -0.05) is 18.2 Å². The molecular weight excluding hydrogens is 222 g/mol. The first-order chi connectivity index (χ1) is 8.20. The Morgan fingerprint density at radius 3 is 2.94 bits per heavy atom. The minimum atomic E-state index is -2.39. The topological polar surface area (TPSA) is 29.3 Å². The molecule has 1 heterocycles. The first-order valence-corrected chi connectivity index (χ1v) is 6.02. The van der Waals surface area contributed by atoms with Crippen LogP contribution in [0.5, 0.6) is 0 Å². The maximum atomic E-state index is 12.6. The van der Waals surface area contributed by atoms with E-state index in [0.29, 0.717) is 12.6 Å².